The van der Waals surface area contributed by atoms with Gasteiger partial charge >= 0.3 is 0 Å². The lowest BCUT2D eigenvalue weighted by molar-refractivity contribution is 0.0715. The molecule has 0 aliphatic rings. The second kappa shape index (κ2) is 10.4. The Hall–Kier alpha value is -2.86. The number of nitrogens with two attached hydrogens (primary N) is 1. The molecule has 0 saturated carbocycles. The Morgan fingerprint density at radius 2 is 1.74 bits per heavy atom. The van der Waals surface area contributed by atoms with E-state index < -0.39 is 0 Å². The Bertz CT molecular complexity index is 984. The van der Waals surface area contributed by atoms with E-state index >= 15 is 0 Å². The molecule has 0 unspecified atom stereocenters. The molecule has 3 rings (SSSR count). The van der Waals surface area contributed by atoms with Crippen molar-refractivity contribution in [3.05, 3.63) is 54.1 Å². The summed E-state index contributed by atoms with van der Waals surface area (Å²) in [5, 5.41) is 3.41. The molecule has 3 N–H and O–H groups in total. The van der Waals surface area contributed by atoms with Crippen molar-refractivity contribution >= 4 is 28.6 Å². The van der Waals surface area contributed by atoms with E-state index in [4.69, 9.17) is 10.7 Å². The Balaban J connectivity index is 1.98. The minimum Gasteiger partial charge on any atom is -0.338 e. The van der Waals surface area contributed by atoms with E-state index in [1.54, 1.807) is 0 Å². The summed E-state index contributed by atoms with van der Waals surface area (Å²) < 4.78 is 2.13. The number of imidazole rings is 1. The lowest BCUT2D eigenvalue weighted by Crippen LogP contribution is -2.37. The van der Waals surface area contributed by atoms with Crippen LogP contribution in [0.5, 0.6) is 0 Å². The fraction of sp³-hybridized carbons (Fsp3) is 0.440. The predicted octanol–water partition coefficient (Wildman–Crippen LogP) is 4.88. The molecule has 2 aromatic carbocycles. The van der Waals surface area contributed by atoms with Crippen LogP contribution in [0, 0.1) is 11.8 Å². The number of fused-ring (bicyclic) bond motifs is 1. The van der Waals surface area contributed by atoms with Gasteiger partial charge in [-0.2, -0.15) is 0 Å². The second-order valence-corrected chi connectivity index (χ2v) is 8.92. The molecule has 0 atom stereocenters. The van der Waals surface area contributed by atoms with Gasteiger partial charge in [-0.1, -0.05) is 45.9 Å². The number of benzene rings is 2. The van der Waals surface area contributed by atoms with E-state index in [2.05, 4.69) is 37.6 Å². The maximum absolute atomic E-state index is 13.3. The number of anilines is 2. The molecule has 0 fully saturated rings. The summed E-state index contributed by atoms with van der Waals surface area (Å²) in [4.78, 5) is 20.1. The first-order valence-corrected chi connectivity index (χ1v) is 11.2. The van der Waals surface area contributed by atoms with Crippen molar-refractivity contribution < 1.29 is 4.79 Å². The smallest absolute Gasteiger partial charge is 0.253 e. The molecule has 1 heterocycles. The van der Waals surface area contributed by atoms with Gasteiger partial charge in [0.25, 0.3) is 5.91 Å². The summed E-state index contributed by atoms with van der Waals surface area (Å²) in [6, 6.07) is 15.8. The monoisotopic (exact) mass is 421 g/mol. The lowest BCUT2D eigenvalue weighted by atomic mass is 10.1. The highest BCUT2D eigenvalue weighted by Crippen LogP contribution is 2.25. The van der Waals surface area contributed by atoms with Gasteiger partial charge in [0, 0.05) is 30.9 Å². The van der Waals surface area contributed by atoms with E-state index in [9.17, 15) is 4.79 Å². The quantitative estimate of drug-likeness (QED) is 0.489. The van der Waals surface area contributed by atoms with Crippen molar-refractivity contribution in [2.45, 2.75) is 40.7 Å². The molecule has 0 bridgehead atoms. The van der Waals surface area contributed by atoms with Crippen molar-refractivity contribution in [2.75, 3.05) is 25.0 Å². The minimum atomic E-state index is 0.0773. The lowest BCUT2D eigenvalue weighted by Gasteiger charge is -2.26. The van der Waals surface area contributed by atoms with Gasteiger partial charge in [0.2, 0.25) is 5.95 Å². The molecule has 0 aliphatic carbocycles. The van der Waals surface area contributed by atoms with Crippen LogP contribution >= 0.6 is 0 Å². The molecule has 1 amide bonds. The molecular weight excluding hydrogens is 386 g/mol. The maximum Gasteiger partial charge on any atom is 0.253 e. The van der Waals surface area contributed by atoms with E-state index in [1.807, 2.05) is 53.4 Å². The number of nitrogens with zero attached hydrogens (tertiary/aromatic N) is 3. The van der Waals surface area contributed by atoms with Crippen LogP contribution in [0.4, 0.5) is 11.6 Å². The fourth-order valence-electron chi connectivity index (χ4n) is 3.78. The third kappa shape index (κ3) is 5.85. The molecule has 0 aliphatic heterocycles. The molecular formula is C25H35N5O. The summed E-state index contributed by atoms with van der Waals surface area (Å²) >= 11 is 0. The fourth-order valence-corrected chi connectivity index (χ4v) is 3.78. The highest BCUT2D eigenvalue weighted by molar-refractivity contribution is 5.98. The van der Waals surface area contributed by atoms with Crippen LogP contribution in [0.15, 0.2) is 48.5 Å². The number of aryl methyl sites for hydroxylation is 1. The van der Waals surface area contributed by atoms with Crippen LogP contribution in [0.2, 0.25) is 0 Å². The minimum absolute atomic E-state index is 0.0773. The Labute approximate surface area is 185 Å². The number of rotatable bonds is 10. The van der Waals surface area contributed by atoms with E-state index in [1.165, 1.54) is 0 Å². The number of aromatic nitrogens is 2. The van der Waals surface area contributed by atoms with Gasteiger partial charge in [0.1, 0.15) is 0 Å². The molecule has 1 aromatic heterocycles. The van der Waals surface area contributed by atoms with Crippen LogP contribution in [0.25, 0.3) is 11.0 Å². The summed E-state index contributed by atoms with van der Waals surface area (Å²) in [5.74, 6) is 1.68. The van der Waals surface area contributed by atoms with E-state index in [-0.39, 0.29) is 5.91 Å². The number of para-hydroxylation sites is 1. The third-order valence-electron chi connectivity index (χ3n) is 5.07. The number of hydrogen-bond acceptors (Lipinski definition) is 4. The average molecular weight is 422 g/mol. The Kier molecular flexibility index (Phi) is 7.69. The first-order valence-electron chi connectivity index (χ1n) is 11.2. The van der Waals surface area contributed by atoms with Gasteiger partial charge in [-0.15, -0.1) is 0 Å². The van der Waals surface area contributed by atoms with Gasteiger partial charge in [-0.05, 0) is 55.1 Å². The first-order chi connectivity index (χ1) is 14.9. The van der Waals surface area contributed by atoms with Gasteiger partial charge in [-0.3, -0.25) is 4.79 Å². The second-order valence-electron chi connectivity index (χ2n) is 8.92. The van der Waals surface area contributed by atoms with Crippen molar-refractivity contribution in [1.82, 2.24) is 14.5 Å². The number of carbonyl (C=O) groups is 1. The normalized spacial score (nSPS) is 11.5. The van der Waals surface area contributed by atoms with Crippen molar-refractivity contribution in [1.29, 1.82) is 0 Å². The molecule has 0 saturated heterocycles. The number of carbonyl (C=O) groups excluding carboxylic acids is 1. The maximum atomic E-state index is 13.3. The van der Waals surface area contributed by atoms with Crippen molar-refractivity contribution in [3.8, 4) is 0 Å². The highest BCUT2D eigenvalue weighted by atomic mass is 16.2. The molecule has 166 valence electrons. The van der Waals surface area contributed by atoms with Crippen LogP contribution < -0.4 is 11.1 Å². The first kappa shape index (κ1) is 22.8. The zero-order chi connectivity index (χ0) is 22.4. The molecule has 0 spiro atoms. The van der Waals surface area contributed by atoms with Gasteiger partial charge in [-0.25, -0.2) is 4.98 Å². The number of amides is 1. The SMILES string of the molecule is CC(C)CN(CC(C)C)C(=O)c1ccc2nc(Nc3ccccc3)n(CCCN)c2c1. The van der Waals surface area contributed by atoms with Crippen LogP contribution in [0.1, 0.15) is 44.5 Å². The zero-order valence-electron chi connectivity index (χ0n) is 19.1. The molecule has 31 heavy (non-hydrogen) atoms. The summed E-state index contributed by atoms with van der Waals surface area (Å²) in [7, 11) is 0. The van der Waals surface area contributed by atoms with Crippen LogP contribution in [-0.4, -0.2) is 40.0 Å². The third-order valence-corrected chi connectivity index (χ3v) is 5.07. The summed E-state index contributed by atoms with van der Waals surface area (Å²) in [5.41, 5.74) is 9.28. The molecule has 3 aromatic rings. The van der Waals surface area contributed by atoms with Crippen LogP contribution in [-0.2, 0) is 6.54 Å². The Morgan fingerprint density at radius 1 is 1.06 bits per heavy atom. The van der Waals surface area contributed by atoms with Gasteiger partial charge < -0.3 is 20.5 Å². The van der Waals surface area contributed by atoms with Crippen molar-refractivity contribution in [3.63, 3.8) is 0 Å². The van der Waals surface area contributed by atoms with Gasteiger partial charge in [0.15, 0.2) is 0 Å². The summed E-state index contributed by atoms with van der Waals surface area (Å²) in [6.45, 7) is 11.4. The molecule has 0 radical (unpaired) electrons. The number of hydrogen-bond donors (Lipinski definition) is 2. The Morgan fingerprint density at radius 3 is 2.35 bits per heavy atom. The standard InChI is InChI=1S/C25H35N5O/c1-18(2)16-29(17-19(3)4)24(31)20-11-12-22-23(15-20)30(14-8-13-26)25(28-22)27-21-9-6-5-7-10-21/h5-7,9-12,15,18-19H,8,13-14,16-17,26H2,1-4H3,(H,27,28). The summed E-state index contributed by atoms with van der Waals surface area (Å²) in [6.07, 6.45) is 0.833. The van der Waals surface area contributed by atoms with E-state index in [0.717, 1.165) is 48.7 Å². The van der Waals surface area contributed by atoms with Gasteiger partial charge in [0.05, 0.1) is 11.0 Å². The molecule has 6 nitrogen and oxygen atoms in total. The topological polar surface area (TPSA) is 76.2 Å². The zero-order valence-corrected chi connectivity index (χ0v) is 19.1. The number of nitrogens with one attached hydrogen (secondary N) is 1. The van der Waals surface area contributed by atoms with Crippen molar-refractivity contribution in [2.24, 2.45) is 17.6 Å². The van der Waals surface area contributed by atoms with Crippen LogP contribution in [0.3, 0.4) is 0 Å². The molecule has 6 heteroatoms. The average Bonchev–Trinajstić information content (AvgIpc) is 3.07. The highest BCUT2D eigenvalue weighted by Gasteiger charge is 2.20. The predicted molar refractivity (Wildman–Crippen MR) is 129 cm³/mol. The van der Waals surface area contributed by atoms with E-state index in [0.29, 0.717) is 23.9 Å². The largest absolute Gasteiger partial charge is 0.338 e.